The van der Waals surface area contributed by atoms with E-state index in [1.807, 2.05) is 24.1 Å². The van der Waals surface area contributed by atoms with Gasteiger partial charge in [-0.1, -0.05) is 23.7 Å². The van der Waals surface area contributed by atoms with Crippen LogP contribution in [0.4, 0.5) is 10.2 Å². The van der Waals surface area contributed by atoms with E-state index < -0.39 is 5.82 Å². The number of hydrogen-bond acceptors (Lipinski definition) is 5. The summed E-state index contributed by atoms with van der Waals surface area (Å²) < 4.78 is 26.2. The van der Waals surface area contributed by atoms with Gasteiger partial charge in [0.05, 0.1) is 5.02 Å². The molecule has 8 heteroatoms. The highest BCUT2D eigenvalue weighted by atomic mass is 35.5. The van der Waals surface area contributed by atoms with E-state index in [1.54, 1.807) is 22.8 Å². The number of benzene rings is 2. The van der Waals surface area contributed by atoms with E-state index in [0.717, 1.165) is 17.9 Å². The molecule has 2 heterocycles. The minimum Gasteiger partial charge on any atom is -0.473 e. The van der Waals surface area contributed by atoms with Crippen molar-refractivity contribution in [1.82, 2.24) is 9.55 Å². The number of rotatable bonds is 5. The van der Waals surface area contributed by atoms with Gasteiger partial charge in [-0.15, -0.1) is 0 Å². The Balaban J connectivity index is 1.41. The number of halogens is 2. The van der Waals surface area contributed by atoms with Gasteiger partial charge in [0, 0.05) is 32.3 Å². The molecule has 0 bridgehead atoms. The maximum Gasteiger partial charge on any atom is 0.352 e. The molecule has 0 fully saturated rings. The van der Waals surface area contributed by atoms with Crippen LogP contribution < -0.4 is 20.1 Å². The minimum absolute atomic E-state index is 0.00548. The van der Waals surface area contributed by atoms with Crippen molar-refractivity contribution in [3.63, 3.8) is 0 Å². The highest BCUT2D eigenvalue weighted by molar-refractivity contribution is 6.30. The molecule has 1 aliphatic heterocycles. The van der Waals surface area contributed by atoms with Crippen LogP contribution in [0.5, 0.6) is 17.4 Å². The monoisotopic (exact) mass is 401 g/mol. The fourth-order valence-corrected chi connectivity index (χ4v) is 3.10. The summed E-state index contributed by atoms with van der Waals surface area (Å²) in [6.07, 6.45) is 0. The van der Waals surface area contributed by atoms with E-state index >= 15 is 0 Å². The summed E-state index contributed by atoms with van der Waals surface area (Å²) in [7, 11) is 1.93. The number of hydrogen-bond donors (Lipinski definition) is 0. The predicted octanol–water partition coefficient (Wildman–Crippen LogP) is 3.86. The number of likely N-dealkylation sites (N-methyl/N-ethyl adjacent to an activating group) is 1. The summed E-state index contributed by atoms with van der Waals surface area (Å²) in [6, 6.07) is 13.2. The highest BCUT2D eigenvalue weighted by Crippen LogP contribution is 2.26. The number of ether oxygens (including phenoxy) is 2. The van der Waals surface area contributed by atoms with Gasteiger partial charge in [-0.2, -0.15) is 4.98 Å². The third-order valence-electron chi connectivity index (χ3n) is 4.45. The summed E-state index contributed by atoms with van der Waals surface area (Å²) in [6.45, 7) is 1.68. The van der Waals surface area contributed by atoms with Crippen LogP contribution >= 0.6 is 11.6 Å². The maximum atomic E-state index is 13.2. The molecule has 0 radical (unpaired) electrons. The molecule has 2 aromatic carbocycles. The van der Waals surface area contributed by atoms with Gasteiger partial charge in [0.2, 0.25) is 5.88 Å². The summed E-state index contributed by atoms with van der Waals surface area (Å²) >= 11 is 5.76. The first kappa shape index (κ1) is 18.3. The molecule has 1 aliphatic rings. The Hall–Kier alpha value is -3.06. The highest BCUT2D eigenvalue weighted by Gasteiger charge is 2.18. The Kier molecular flexibility index (Phi) is 4.92. The largest absolute Gasteiger partial charge is 0.473 e. The quantitative estimate of drug-likeness (QED) is 0.649. The molecule has 0 saturated carbocycles. The lowest BCUT2D eigenvalue weighted by Crippen LogP contribution is -2.22. The Morgan fingerprint density at radius 2 is 1.86 bits per heavy atom. The molecule has 0 atom stereocenters. The van der Waals surface area contributed by atoms with Gasteiger partial charge < -0.3 is 14.4 Å². The Labute approximate surface area is 165 Å². The smallest absolute Gasteiger partial charge is 0.352 e. The predicted molar refractivity (Wildman–Crippen MR) is 104 cm³/mol. The molecular weight excluding hydrogens is 385 g/mol. The van der Waals surface area contributed by atoms with Crippen LogP contribution in [0.1, 0.15) is 5.56 Å². The topological polar surface area (TPSA) is 56.6 Å². The molecule has 3 aromatic rings. The summed E-state index contributed by atoms with van der Waals surface area (Å²) in [5.41, 5.74) is 0.582. The second-order valence-electron chi connectivity index (χ2n) is 6.42. The van der Waals surface area contributed by atoms with Gasteiger partial charge in [-0.05, 0) is 29.8 Å². The molecule has 4 rings (SSSR count). The van der Waals surface area contributed by atoms with Crippen molar-refractivity contribution >= 4 is 17.4 Å². The fraction of sp³-hybridized carbons (Fsp3) is 0.200. The molecule has 1 aromatic heterocycles. The minimum atomic E-state index is -0.493. The lowest BCUT2D eigenvalue weighted by Gasteiger charge is -2.12. The maximum absolute atomic E-state index is 13.2. The zero-order chi connectivity index (χ0) is 19.7. The van der Waals surface area contributed by atoms with Crippen LogP contribution in [0.3, 0.4) is 0 Å². The number of anilines is 1. The average molecular weight is 402 g/mol. The second kappa shape index (κ2) is 7.52. The zero-order valence-electron chi connectivity index (χ0n) is 15.1. The lowest BCUT2D eigenvalue weighted by molar-refractivity contribution is 0.291. The van der Waals surface area contributed by atoms with Crippen LogP contribution in [0.15, 0.2) is 53.3 Å². The number of nitrogens with zero attached hydrogens (tertiary/aromatic N) is 3. The Morgan fingerprint density at radius 3 is 2.61 bits per heavy atom. The van der Waals surface area contributed by atoms with Crippen LogP contribution in [-0.4, -0.2) is 23.1 Å². The van der Waals surface area contributed by atoms with Crippen LogP contribution in [-0.2, 0) is 13.2 Å². The average Bonchev–Trinajstić information content (AvgIpc) is 3.06. The van der Waals surface area contributed by atoms with E-state index in [9.17, 15) is 9.18 Å². The summed E-state index contributed by atoms with van der Waals surface area (Å²) in [5.74, 6) is 1.64. The van der Waals surface area contributed by atoms with Gasteiger partial charge >= 0.3 is 5.69 Å². The van der Waals surface area contributed by atoms with Gasteiger partial charge in [0.25, 0.3) is 0 Å². The van der Waals surface area contributed by atoms with Crippen molar-refractivity contribution in [1.29, 1.82) is 0 Å². The number of fused-ring (bicyclic) bond motifs is 1. The van der Waals surface area contributed by atoms with Crippen LogP contribution in [0.2, 0.25) is 5.02 Å². The normalized spacial score (nSPS) is 12.8. The van der Waals surface area contributed by atoms with Crippen molar-refractivity contribution in [2.75, 3.05) is 18.5 Å². The van der Waals surface area contributed by atoms with Crippen molar-refractivity contribution in [2.24, 2.45) is 0 Å². The van der Waals surface area contributed by atoms with Crippen molar-refractivity contribution in [2.45, 2.75) is 13.2 Å². The van der Waals surface area contributed by atoms with Gasteiger partial charge in [0.15, 0.2) is 0 Å². The SMILES string of the molecule is CN1CCn2c1cc(OCc1ccc(Oc3ccc(F)c(Cl)c3)cc1)nc2=O. The van der Waals surface area contributed by atoms with Crippen molar-refractivity contribution < 1.29 is 13.9 Å². The molecule has 144 valence electrons. The third-order valence-corrected chi connectivity index (χ3v) is 4.74. The van der Waals surface area contributed by atoms with Gasteiger partial charge in [-0.3, -0.25) is 4.57 Å². The van der Waals surface area contributed by atoms with E-state index in [2.05, 4.69) is 4.98 Å². The van der Waals surface area contributed by atoms with E-state index in [1.165, 1.54) is 18.2 Å². The second-order valence-corrected chi connectivity index (χ2v) is 6.83. The summed E-state index contributed by atoms with van der Waals surface area (Å²) in [5, 5.41) is 0.00548. The molecule has 0 saturated heterocycles. The molecule has 0 amide bonds. The van der Waals surface area contributed by atoms with Gasteiger partial charge in [-0.25, -0.2) is 9.18 Å². The van der Waals surface area contributed by atoms with Crippen LogP contribution in [0.25, 0.3) is 0 Å². The third kappa shape index (κ3) is 3.80. The molecule has 28 heavy (non-hydrogen) atoms. The van der Waals surface area contributed by atoms with Gasteiger partial charge in [0.1, 0.15) is 29.7 Å². The standard InChI is InChI=1S/C20H17ClFN3O3/c1-24-8-9-25-19(24)11-18(23-20(25)26)27-12-13-2-4-14(5-3-13)28-15-6-7-17(22)16(21)10-15/h2-7,10-11H,8-9,12H2,1H3. The lowest BCUT2D eigenvalue weighted by atomic mass is 10.2. The van der Waals surface area contributed by atoms with E-state index in [-0.39, 0.29) is 17.3 Å². The van der Waals surface area contributed by atoms with Crippen LogP contribution in [0, 0.1) is 5.82 Å². The van der Waals surface area contributed by atoms with Crippen molar-refractivity contribution in [3.8, 4) is 17.4 Å². The van der Waals surface area contributed by atoms with Crippen molar-refractivity contribution in [3.05, 3.63) is 75.4 Å². The molecular formula is C20H17ClFN3O3. The zero-order valence-corrected chi connectivity index (χ0v) is 15.8. The molecule has 0 unspecified atom stereocenters. The first-order valence-corrected chi connectivity index (χ1v) is 9.05. The molecule has 0 spiro atoms. The molecule has 0 aliphatic carbocycles. The first-order valence-electron chi connectivity index (χ1n) is 8.67. The molecule has 0 N–H and O–H groups in total. The van der Waals surface area contributed by atoms with E-state index in [4.69, 9.17) is 21.1 Å². The van der Waals surface area contributed by atoms with E-state index in [0.29, 0.717) is 23.9 Å². The number of aromatic nitrogens is 2. The fourth-order valence-electron chi connectivity index (χ4n) is 2.93. The Morgan fingerprint density at radius 1 is 1.11 bits per heavy atom. The summed E-state index contributed by atoms with van der Waals surface area (Å²) in [4.78, 5) is 18.0. The first-order chi connectivity index (χ1) is 13.5. The Bertz CT molecular complexity index is 1070. The molecule has 6 nitrogen and oxygen atoms in total.